The lowest BCUT2D eigenvalue weighted by Gasteiger charge is -2.41. The first-order valence-corrected chi connectivity index (χ1v) is 9.59. The number of carbonyl (C=O) groups is 1. The van der Waals surface area contributed by atoms with Crippen LogP contribution in [0.15, 0.2) is 18.2 Å². The number of amides is 1. The molecule has 1 amide bonds. The minimum absolute atomic E-state index is 0.0339. The standard InChI is InChI=1S/C20H31N3O2/c1-4-23-15-20(18(19(23)24)14-25-5-2)9-11-22(12-10-20)13-17-8-6-7-16(3)21-17/h6-8,18H,4-5,9-15H2,1-3H3/t18-/m1/s1. The fraction of sp³-hybridized carbons (Fsp3) is 0.700. The van der Waals surface area contributed by atoms with Crippen LogP contribution in [-0.2, 0) is 16.1 Å². The Morgan fingerprint density at radius 2 is 2.04 bits per heavy atom. The molecule has 25 heavy (non-hydrogen) atoms. The molecule has 0 unspecified atom stereocenters. The van der Waals surface area contributed by atoms with Crippen molar-refractivity contribution in [3.8, 4) is 0 Å². The molecule has 1 atom stereocenters. The van der Waals surface area contributed by atoms with Crippen LogP contribution in [0.5, 0.6) is 0 Å². The molecule has 2 saturated heterocycles. The van der Waals surface area contributed by atoms with Gasteiger partial charge in [-0.1, -0.05) is 6.07 Å². The average Bonchev–Trinajstić information content (AvgIpc) is 2.87. The van der Waals surface area contributed by atoms with Gasteiger partial charge in [-0.25, -0.2) is 0 Å². The summed E-state index contributed by atoms with van der Waals surface area (Å²) < 4.78 is 5.67. The molecule has 2 fully saturated rings. The van der Waals surface area contributed by atoms with Crippen molar-refractivity contribution in [1.82, 2.24) is 14.8 Å². The number of hydrogen-bond donors (Lipinski definition) is 0. The molecule has 3 heterocycles. The second kappa shape index (κ2) is 7.83. The maximum Gasteiger partial charge on any atom is 0.228 e. The van der Waals surface area contributed by atoms with Crippen molar-refractivity contribution >= 4 is 5.91 Å². The summed E-state index contributed by atoms with van der Waals surface area (Å²) in [7, 11) is 0. The molecule has 0 aromatic carbocycles. The van der Waals surface area contributed by atoms with Crippen LogP contribution in [0.3, 0.4) is 0 Å². The molecule has 2 aliphatic rings. The molecule has 0 saturated carbocycles. The fourth-order valence-corrected chi connectivity index (χ4v) is 4.38. The Hall–Kier alpha value is -1.46. The third kappa shape index (κ3) is 3.87. The van der Waals surface area contributed by atoms with E-state index in [0.717, 1.165) is 57.0 Å². The van der Waals surface area contributed by atoms with Gasteiger partial charge in [-0.2, -0.15) is 0 Å². The molecular formula is C20H31N3O2. The highest BCUT2D eigenvalue weighted by Gasteiger charge is 2.52. The van der Waals surface area contributed by atoms with E-state index in [0.29, 0.717) is 19.1 Å². The molecule has 1 aromatic heterocycles. The fourth-order valence-electron chi connectivity index (χ4n) is 4.38. The second-order valence-corrected chi connectivity index (χ2v) is 7.47. The van der Waals surface area contributed by atoms with Crippen LogP contribution in [0.1, 0.15) is 38.1 Å². The van der Waals surface area contributed by atoms with E-state index >= 15 is 0 Å². The van der Waals surface area contributed by atoms with Gasteiger partial charge < -0.3 is 9.64 Å². The quantitative estimate of drug-likeness (QED) is 0.795. The number of ether oxygens (including phenoxy) is 1. The predicted octanol–water partition coefficient (Wildman–Crippen LogP) is 2.49. The number of nitrogens with zero attached hydrogens (tertiary/aromatic N) is 3. The summed E-state index contributed by atoms with van der Waals surface area (Å²) in [6.07, 6.45) is 2.14. The van der Waals surface area contributed by atoms with Crippen LogP contribution in [0.2, 0.25) is 0 Å². The van der Waals surface area contributed by atoms with Crippen molar-refractivity contribution in [1.29, 1.82) is 0 Å². The van der Waals surface area contributed by atoms with Gasteiger partial charge in [0, 0.05) is 37.4 Å². The van der Waals surface area contributed by atoms with Crippen molar-refractivity contribution < 1.29 is 9.53 Å². The van der Waals surface area contributed by atoms with Crippen LogP contribution in [-0.4, -0.2) is 60.1 Å². The Morgan fingerprint density at radius 3 is 2.68 bits per heavy atom. The summed E-state index contributed by atoms with van der Waals surface area (Å²) in [5.41, 5.74) is 2.31. The number of aryl methyl sites for hydroxylation is 1. The molecule has 2 aliphatic heterocycles. The number of piperidine rings is 1. The van der Waals surface area contributed by atoms with Gasteiger partial charge in [-0.3, -0.25) is 14.7 Å². The molecule has 0 N–H and O–H groups in total. The zero-order valence-corrected chi connectivity index (χ0v) is 15.8. The minimum atomic E-state index is 0.0339. The van der Waals surface area contributed by atoms with E-state index in [9.17, 15) is 4.79 Å². The van der Waals surface area contributed by atoms with Crippen LogP contribution < -0.4 is 0 Å². The summed E-state index contributed by atoms with van der Waals surface area (Å²) in [6, 6.07) is 6.22. The Kier molecular flexibility index (Phi) is 5.74. The van der Waals surface area contributed by atoms with Gasteiger partial charge >= 0.3 is 0 Å². The SMILES string of the molecule is CCOC[C@@H]1C(=O)N(CC)CC12CCN(Cc1cccc(C)n1)CC2. The Bertz CT molecular complexity index is 596. The zero-order chi connectivity index (χ0) is 17.9. The third-order valence-corrected chi connectivity index (χ3v) is 5.91. The van der Waals surface area contributed by atoms with E-state index in [-0.39, 0.29) is 11.3 Å². The van der Waals surface area contributed by atoms with Gasteiger partial charge in [0.05, 0.1) is 18.2 Å². The summed E-state index contributed by atoms with van der Waals surface area (Å²) in [5, 5.41) is 0. The maximum atomic E-state index is 12.7. The number of carbonyl (C=O) groups excluding carboxylic acids is 1. The lowest BCUT2D eigenvalue weighted by Crippen LogP contribution is -2.45. The number of pyridine rings is 1. The Morgan fingerprint density at radius 1 is 1.28 bits per heavy atom. The normalized spacial score (nSPS) is 23.6. The van der Waals surface area contributed by atoms with Crippen LogP contribution >= 0.6 is 0 Å². The van der Waals surface area contributed by atoms with Crippen molar-refractivity contribution in [3.05, 3.63) is 29.6 Å². The molecule has 1 spiro atoms. The summed E-state index contributed by atoms with van der Waals surface area (Å²) >= 11 is 0. The predicted molar refractivity (Wildman–Crippen MR) is 98.2 cm³/mol. The molecule has 5 heteroatoms. The smallest absolute Gasteiger partial charge is 0.228 e. The van der Waals surface area contributed by atoms with E-state index in [4.69, 9.17) is 4.74 Å². The molecule has 5 nitrogen and oxygen atoms in total. The molecule has 3 rings (SSSR count). The largest absolute Gasteiger partial charge is 0.381 e. The van der Waals surface area contributed by atoms with Gasteiger partial charge in [0.2, 0.25) is 5.91 Å². The lowest BCUT2D eigenvalue weighted by molar-refractivity contribution is -0.133. The van der Waals surface area contributed by atoms with Gasteiger partial charge in [0.1, 0.15) is 0 Å². The van der Waals surface area contributed by atoms with Gasteiger partial charge in [0.15, 0.2) is 0 Å². The van der Waals surface area contributed by atoms with Crippen molar-refractivity contribution in [2.45, 2.75) is 40.2 Å². The lowest BCUT2D eigenvalue weighted by atomic mass is 9.71. The third-order valence-electron chi connectivity index (χ3n) is 5.91. The number of aromatic nitrogens is 1. The van der Waals surface area contributed by atoms with Gasteiger partial charge in [0.25, 0.3) is 0 Å². The molecule has 138 valence electrons. The summed E-state index contributed by atoms with van der Waals surface area (Å²) in [6.45, 7) is 12.0. The van der Waals surface area contributed by atoms with E-state index in [2.05, 4.69) is 28.9 Å². The highest BCUT2D eigenvalue weighted by atomic mass is 16.5. The number of rotatable bonds is 6. The van der Waals surface area contributed by atoms with Crippen LogP contribution in [0, 0.1) is 18.3 Å². The van der Waals surface area contributed by atoms with Crippen molar-refractivity contribution in [2.75, 3.05) is 39.4 Å². The van der Waals surface area contributed by atoms with Crippen LogP contribution in [0.25, 0.3) is 0 Å². The molecule has 0 bridgehead atoms. The first kappa shape index (κ1) is 18.3. The molecule has 1 aromatic rings. The molecular weight excluding hydrogens is 314 g/mol. The zero-order valence-electron chi connectivity index (χ0n) is 15.8. The monoisotopic (exact) mass is 345 g/mol. The first-order valence-electron chi connectivity index (χ1n) is 9.59. The summed E-state index contributed by atoms with van der Waals surface area (Å²) in [5.74, 6) is 0.330. The second-order valence-electron chi connectivity index (χ2n) is 7.47. The Balaban J connectivity index is 1.65. The number of hydrogen-bond acceptors (Lipinski definition) is 4. The molecule has 0 aliphatic carbocycles. The van der Waals surface area contributed by atoms with E-state index in [1.807, 2.05) is 24.8 Å². The van der Waals surface area contributed by atoms with Gasteiger partial charge in [-0.15, -0.1) is 0 Å². The number of likely N-dealkylation sites (tertiary alicyclic amines) is 2. The van der Waals surface area contributed by atoms with E-state index in [1.165, 1.54) is 0 Å². The topological polar surface area (TPSA) is 45.7 Å². The minimum Gasteiger partial charge on any atom is -0.381 e. The Labute approximate surface area is 151 Å². The van der Waals surface area contributed by atoms with Crippen molar-refractivity contribution in [2.24, 2.45) is 11.3 Å². The highest BCUT2D eigenvalue weighted by molar-refractivity contribution is 5.82. The maximum absolute atomic E-state index is 12.7. The van der Waals surface area contributed by atoms with Crippen LogP contribution in [0.4, 0.5) is 0 Å². The molecule has 0 radical (unpaired) electrons. The first-order chi connectivity index (χ1) is 12.1. The summed E-state index contributed by atoms with van der Waals surface area (Å²) in [4.78, 5) is 21.9. The van der Waals surface area contributed by atoms with Gasteiger partial charge in [-0.05, 0) is 58.8 Å². The van der Waals surface area contributed by atoms with E-state index in [1.54, 1.807) is 0 Å². The highest BCUT2D eigenvalue weighted by Crippen LogP contribution is 2.45. The average molecular weight is 345 g/mol. The van der Waals surface area contributed by atoms with E-state index < -0.39 is 0 Å². The van der Waals surface area contributed by atoms with Crippen molar-refractivity contribution in [3.63, 3.8) is 0 Å².